The van der Waals surface area contributed by atoms with E-state index in [2.05, 4.69) is 61.4 Å². The van der Waals surface area contributed by atoms with Crippen LogP contribution in [0.4, 0.5) is 0 Å². The van der Waals surface area contributed by atoms with Crippen molar-refractivity contribution in [2.45, 2.75) is 103 Å². The molecule has 2 saturated carbocycles. The molecule has 270 valence electrons. The summed E-state index contributed by atoms with van der Waals surface area (Å²) >= 11 is 0. The molecule has 3 aliphatic rings. The third-order valence-electron chi connectivity index (χ3n) is 11.9. The van der Waals surface area contributed by atoms with Crippen molar-refractivity contribution >= 4 is 6.29 Å². The molecule has 7 atom stereocenters. The van der Waals surface area contributed by atoms with Crippen LogP contribution in [0, 0.1) is 23.2 Å². The van der Waals surface area contributed by atoms with E-state index in [-0.39, 0.29) is 31.0 Å². The largest absolute Gasteiger partial charge is 0.396 e. The molecule has 1 spiro atoms. The van der Waals surface area contributed by atoms with Crippen molar-refractivity contribution in [2.75, 3.05) is 33.4 Å². The highest BCUT2D eigenvalue weighted by atomic mass is 16.3. The van der Waals surface area contributed by atoms with Crippen molar-refractivity contribution in [3.8, 4) is 0 Å². The molecule has 7 heteroatoms. The second kappa shape index (κ2) is 18.0. The van der Waals surface area contributed by atoms with Crippen molar-refractivity contribution in [1.29, 1.82) is 0 Å². The Bertz CT molecular complexity index is 1410. The average Bonchev–Trinajstić information content (AvgIpc) is 3.43. The standard InChI is InChI=1S/C42H62N2O5/c1-29-14-15-35(25-34-11-7-10-33(24-34)23-32(4)44-26-29)30(2)9-6-12-36(28-47)38-17-19-42(40(38)48)39(13-8-22-45)37(31(3)27-46)16-18-41(42,49)20-21-43-5/h6-7,9-12,14,24,27,32,35,38-40,43-45,47-49H,2,8,13,15-23,25-26,28H2,1,3-5H3/b9-6+,29-14+,36-12-,37-31-/t32-,35-,38-,39-,40+,41-,42+/m0/s1. The smallest absolute Gasteiger partial charge is 0.145 e. The maximum absolute atomic E-state index is 12.4. The topological polar surface area (TPSA) is 122 Å². The van der Waals surface area contributed by atoms with Gasteiger partial charge in [-0.05, 0) is 133 Å². The highest BCUT2D eigenvalue weighted by Gasteiger charge is 2.65. The first-order valence-corrected chi connectivity index (χ1v) is 18.5. The molecule has 6 N–H and O–H groups in total. The van der Waals surface area contributed by atoms with E-state index in [0.29, 0.717) is 63.1 Å². The van der Waals surface area contributed by atoms with Gasteiger partial charge in [-0.15, -0.1) is 0 Å². The molecule has 0 radical (unpaired) electrons. The first kappa shape index (κ1) is 39.1. The Morgan fingerprint density at radius 1 is 1.18 bits per heavy atom. The zero-order valence-corrected chi connectivity index (χ0v) is 30.4. The van der Waals surface area contributed by atoms with Gasteiger partial charge in [-0.2, -0.15) is 0 Å². The number of rotatable bonds is 12. The van der Waals surface area contributed by atoms with Crippen LogP contribution in [-0.2, 0) is 17.6 Å². The third-order valence-corrected chi connectivity index (χ3v) is 11.9. The quantitative estimate of drug-likeness (QED) is 0.0745. The molecule has 4 rings (SSSR count). The Morgan fingerprint density at radius 3 is 2.63 bits per heavy atom. The minimum absolute atomic E-state index is 0.00280. The van der Waals surface area contributed by atoms with E-state index in [1.54, 1.807) is 0 Å². The number of hydrogen-bond acceptors (Lipinski definition) is 7. The molecule has 1 aromatic carbocycles. The van der Waals surface area contributed by atoms with Crippen LogP contribution in [0.25, 0.3) is 0 Å². The van der Waals surface area contributed by atoms with Crippen molar-refractivity contribution in [3.05, 3.63) is 94.1 Å². The summed E-state index contributed by atoms with van der Waals surface area (Å²) in [6, 6.07) is 9.26. The first-order chi connectivity index (χ1) is 23.5. The Morgan fingerprint density at radius 2 is 1.94 bits per heavy atom. The fraction of sp³-hybridized carbons (Fsp3) is 0.595. The minimum Gasteiger partial charge on any atom is -0.396 e. The lowest BCUT2D eigenvalue weighted by Crippen LogP contribution is -2.61. The molecule has 0 aromatic heterocycles. The lowest BCUT2D eigenvalue weighted by molar-refractivity contribution is -0.180. The molecule has 2 fully saturated rings. The molecule has 2 aliphatic carbocycles. The van der Waals surface area contributed by atoms with Gasteiger partial charge in [-0.1, -0.05) is 71.9 Å². The van der Waals surface area contributed by atoms with Crippen LogP contribution < -0.4 is 10.6 Å². The van der Waals surface area contributed by atoms with E-state index in [0.717, 1.165) is 48.8 Å². The number of allylic oxidation sites excluding steroid dienone is 7. The van der Waals surface area contributed by atoms with Crippen LogP contribution in [-0.4, -0.2) is 77.8 Å². The fourth-order valence-corrected chi connectivity index (χ4v) is 9.12. The van der Waals surface area contributed by atoms with E-state index < -0.39 is 17.1 Å². The van der Waals surface area contributed by atoms with Gasteiger partial charge in [0.2, 0.25) is 0 Å². The number of carbonyl (C=O) groups excluding carboxylic acids is 1. The molecular weight excluding hydrogens is 612 g/mol. The van der Waals surface area contributed by atoms with Crippen molar-refractivity contribution in [1.82, 2.24) is 10.6 Å². The Balaban J connectivity index is 1.62. The molecule has 49 heavy (non-hydrogen) atoms. The molecule has 1 heterocycles. The summed E-state index contributed by atoms with van der Waals surface area (Å²) in [5, 5.41) is 52.1. The molecule has 1 aliphatic heterocycles. The summed E-state index contributed by atoms with van der Waals surface area (Å²) in [4.78, 5) is 12.0. The van der Waals surface area contributed by atoms with E-state index in [1.807, 2.05) is 32.2 Å². The van der Waals surface area contributed by atoms with Crippen LogP contribution in [0.2, 0.25) is 0 Å². The molecule has 0 unspecified atom stereocenters. The van der Waals surface area contributed by atoms with Crippen molar-refractivity contribution in [2.24, 2.45) is 23.2 Å². The van der Waals surface area contributed by atoms with Gasteiger partial charge in [-0.25, -0.2) is 0 Å². The average molecular weight is 675 g/mol. The van der Waals surface area contributed by atoms with Gasteiger partial charge in [0, 0.05) is 30.5 Å². The summed E-state index contributed by atoms with van der Waals surface area (Å²) in [6.07, 6.45) is 14.7. The van der Waals surface area contributed by atoms with Gasteiger partial charge in [0.05, 0.1) is 18.3 Å². The van der Waals surface area contributed by atoms with Crippen LogP contribution >= 0.6 is 0 Å². The number of aldehydes is 1. The van der Waals surface area contributed by atoms with Gasteiger partial charge < -0.3 is 31.1 Å². The molecule has 7 nitrogen and oxygen atoms in total. The highest BCUT2D eigenvalue weighted by Crippen LogP contribution is 2.63. The number of fused-ring (bicyclic) bond motifs is 2. The zero-order chi connectivity index (χ0) is 35.6. The van der Waals surface area contributed by atoms with Gasteiger partial charge in [0.1, 0.15) is 6.29 Å². The highest BCUT2D eigenvalue weighted by molar-refractivity contribution is 5.74. The van der Waals surface area contributed by atoms with Crippen LogP contribution in [0.3, 0.4) is 0 Å². The SMILES string of the molecule is C=C(/C=C/C=C(/CO)[C@@H]1CC[C@]2([C@@H]1O)[C@@H](CCCO)/C(=C(/C)C=O)CC[C@]2(O)CCNC)[C@H]1C/C=C(\C)CN[C@@H](C)Cc2cccc(c2)C1. The number of carbonyl (C=O) groups is 1. The van der Waals surface area contributed by atoms with Gasteiger partial charge >= 0.3 is 0 Å². The molecule has 0 saturated heterocycles. The summed E-state index contributed by atoms with van der Waals surface area (Å²) in [7, 11) is 1.86. The number of hydrogen-bond donors (Lipinski definition) is 6. The fourth-order valence-electron chi connectivity index (χ4n) is 9.12. The summed E-state index contributed by atoms with van der Waals surface area (Å²) < 4.78 is 0. The summed E-state index contributed by atoms with van der Waals surface area (Å²) in [5.74, 6) is -0.376. The number of nitrogens with one attached hydrogen (secondary N) is 2. The first-order valence-electron chi connectivity index (χ1n) is 18.5. The second-order valence-corrected chi connectivity index (χ2v) is 15.1. The van der Waals surface area contributed by atoms with Crippen LogP contribution in [0.1, 0.15) is 83.3 Å². The third kappa shape index (κ3) is 8.99. The lowest BCUT2D eigenvalue weighted by Gasteiger charge is -2.57. The molecular formula is C42H62N2O5. The maximum Gasteiger partial charge on any atom is 0.145 e. The normalized spacial score (nSPS) is 33.5. The maximum atomic E-state index is 12.4. The number of benzene rings is 1. The Kier molecular flexibility index (Phi) is 14.4. The molecule has 0 amide bonds. The molecule has 2 bridgehead atoms. The van der Waals surface area contributed by atoms with E-state index in [9.17, 15) is 25.2 Å². The lowest BCUT2D eigenvalue weighted by atomic mass is 9.51. The van der Waals surface area contributed by atoms with E-state index >= 15 is 0 Å². The van der Waals surface area contributed by atoms with Gasteiger partial charge in [-0.3, -0.25) is 4.79 Å². The monoisotopic (exact) mass is 674 g/mol. The number of aliphatic hydroxyl groups is 4. The van der Waals surface area contributed by atoms with Crippen molar-refractivity contribution < 1.29 is 25.2 Å². The predicted octanol–water partition coefficient (Wildman–Crippen LogP) is 5.54. The van der Waals surface area contributed by atoms with Crippen LogP contribution in [0.15, 0.2) is 83.0 Å². The second-order valence-electron chi connectivity index (χ2n) is 15.1. The summed E-state index contributed by atoms with van der Waals surface area (Å²) in [6.45, 7) is 12.0. The Hall–Kier alpha value is -2.65. The zero-order valence-electron chi connectivity index (χ0n) is 30.4. The van der Waals surface area contributed by atoms with Gasteiger partial charge in [0.15, 0.2) is 0 Å². The minimum atomic E-state index is -1.16. The van der Waals surface area contributed by atoms with E-state index in [1.165, 1.54) is 16.7 Å². The van der Waals surface area contributed by atoms with E-state index in [4.69, 9.17) is 0 Å². The predicted molar refractivity (Wildman–Crippen MR) is 199 cm³/mol. The number of aliphatic hydroxyl groups excluding tert-OH is 3. The summed E-state index contributed by atoms with van der Waals surface area (Å²) in [5.41, 5.74) is 5.28. The molecule has 1 aromatic rings. The van der Waals surface area contributed by atoms with Crippen LogP contribution in [0.5, 0.6) is 0 Å². The van der Waals surface area contributed by atoms with Crippen molar-refractivity contribution in [3.63, 3.8) is 0 Å². The van der Waals surface area contributed by atoms with Gasteiger partial charge in [0.25, 0.3) is 0 Å². The Labute approximate surface area is 295 Å².